The van der Waals surface area contributed by atoms with Crippen molar-refractivity contribution in [2.24, 2.45) is 11.3 Å². The predicted octanol–water partition coefficient (Wildman–Crippen LogP) is 1.72. The maximum absolute atomic E-state index is 8.81. The zero-order valence-corrected chi connectivity index (χ0v) is 6.68. The van der Waals surface area contributed by atoms with Gasteiger partial charge in [-0.3, -0.25) is 0 Å². The summed E-state index contributed by atoms with van der Waals surface area (Å²) in [5.74, 6) is 0.339. The molecule has 2 rings (SSSR count). The van der Waals surface area contributed by atoms with E-state index in [2.05, 4.69) is 6.07 Å². The second-order valence-corrected chi connectivity index (χ2v) is 3.70. The summed E-state index contributed by atoms with van der Waals surface area (Å²) in [5, 5.41) is 8.81. The highest BCUT2D eigenvalue weighted by Crippen LogP contribution is 2.52. The minimum absolute atomic E-state index is 0.339. The van der Waals surface area contributed by atoms with E-state index in [1.54, 1.807) is 0 Å². The van der Waals surface area contributed by atoms with Crippen LogP contribution in [-0.4, -0.2) is 13.2 Å². The van der Waals surface area contributed by atoms with Crippen molar-refractivity contribution in [1.29, 1.82) is 5.26 Å². The fourth-order valence-electron chi connectivity index (χ4n) is 2.27. The first kappa shape index (κ1) is 7.12. The van der Waals surface area contributed by atoms with E-state index in [4.69, 9.17) is 10.00 Å². The molecule has 2 aliphatic rings. The van der Waals surface area contributed by atoms with Crippen molar-refractivity contribution in [1.82, 2.24) is 0 Å². The molecule has 0 aromatic rings. The molecule has 1 atom stereocenters. The fraction of sp³-hybridized carbons (Fsp3) is 0.889. The van der Waals surface area contributed by atoms with Crippen LogP contribution in [-0.2, 0) is 4.74 Å². The van der Waals surface area contributed by atoms with E-state index >= 15 is 0 Å². The van der Waals surface area contributed by atoms with E-state index < -0.39 is 0 Å². The Kier molecular flexibility index (Phi) is 1.61. The third kappa shape index (κ3) is 0.954. The molecule has 0 bridgehead atoms. The van der Waals surface area contributed by atoms with Crippen molar-refractivity contribution < 1.29 is 4.74 Å². The fourth-order valence-corrected chi connectivity index (χ4v) is 2.27. The van der Waals surface area contributed by atoms with Crippen LogP contribution in [0.3, 0.4) is 0 Å². The van der Waals surface area contributed by atoms with E-state index in [-0.39, 0.29) is 0 Å². The normalized spacial score (nSPS) is 34.3. The zero-order chi connectivity index (χ0) is 7.73. The molecule has 0 radical (unpaired) electrons. The summed E-state index contributed by atoms with van der Waals surface area (Å²) < 4.78 is 5.28. The number of ether oxygens (including phenoxy) is 1. The summed E-state index contributed by atoms with van der Waals surface area (Å²) in [4.78, 5) is 0. The highest BCUT2D eigenvalue weighted by molar-refractivity contribution is 5.06. The van der Waals surface area contributed by atoms with Gasteiger partial charge < -0.3 is 4.74 Å². The van der Waals surface area contributed by atoms with Gasteiger partial charge in [-0.25, -0.2) is 0 Å². The Balaban J connectivity index is 2.04. The largest absolute Gasteiger partial charge is 0.381 e. The summed E-state index contributed by atoms with van der Waals surface area (Å²) in [5.41, 5.74) is 0.382. The number of hydrogen-bond donors (Lipinski definition) is 0. The van der Waals surface area contributed by atoms with Crippen LogP contribution in [0, 0.1) is 22.7 Å². The summed E-state index contributed by atoms with van der Waals surface area (Å²) >= 11 is 0. The first-order valence-corrected chi connectivity index (χ1v) is 4.35. The quantitative estimate of drug-likeness (QED) is 0.528. The second-order valence-electron chi connectivity index (χ2n) is 3.70. The highest BCUT2D eigenvalue weighted by Gasteiger charge is 2.47. The van der Waals surface area contributed by atoms with Crippen LogP contribution in [0.5, 0.6) is 0 Å². The molecule has 1 aliphatic heterocycles. The monoisotopic (exact) mass is 151 g/mol. The van der Waals surface area contributed by atoms with E-state index in [1.807, 2.05) is 0 Å². The van der Waals surface area contributed by atoms with Gasteiger partial charge >= 0.3 is 0 Å². The Bertz CT molecular complexity index is 188. The van der Waals surface area contributed by atoms with Gasteiger partial charge in [0, 0.05) is 13.2 Å². The zero-order valence-electron chi connectivity index (χ0n) is 6.68. The van der Waals surface area contributed by atoms with Gasteiger partial charge in [0.05, 0.1) is 12.0 Å². The van der Waals surface area contributed by atoms with Crippen molar-refractivity contribution >= 4 is 0 Å². The SMILES string of the molecule is N#CC1CCC12CCOCC2. The molecule has 0 aromatic heterocycles. The molecule has 1 heterocycles. The Labute approximate surface area is 67.2 Å². The van der Waals surface area contributed by atoms with Crippen LogP contribution in [0.4, 0.5) is 0 Å². The number of hydrogen-bond acceptors (Lipinski definition) is 2. The number of nitriles is 1. The molecular formula is C9H13NO. The van der Waals surface area contributed by atoms with Gasteiger partial charge in [0.1, 0.15) is 0 Å². The Morgan fingerprint density at radius 1 is 1.27 bits per heavy atom. The molecule has 2 heteroatoms. The Hall–Kier alpha value is -0.550. The van der Waals surface area contributed by atoms with Crippen LogP contribution in [0.15, 0.2) is 0 Å². The molecule has 60 valence electrons. The average molecular weight is 151 g/mol. The van der Waals surface area contributed by atoms with Crippen LogP contribution >= 0.6 is 0 Å². The molecule has 1 saturated carbocycles. The lowest BCUT2D eigenvalue weighted by Crippen LogP contribution is -2.43. The molecule has 0 N–H and O–H groups in total. The minimum atomic E-state index is 0.339. The van der Waals surface area contributed by atoms with Crippen molar-refractivity contribution in [3.8, 4) is 6.07 Å². The van der Waals surface area contributed by atoms with Gasteiger partial charge in [-0.05, 0) is 31.1 Å². The van der Waals surface area contributed by atoms with Gasteiger partial charge in [-0.15, -0.1) is 0 Å². The van der Waals surface area contributed by atoms with Crippen molar-refractivity contribution in [3.63, 3.8) is 0 Å². The maximum atomic E-state index is 8.81. The van der Waals surface area contributed by atoms with Gasteiger partial charge in [0.15, 0.2) is 0 Å². The second kappa shape index (κ2) is 2.49. The van der Waals surface area contributed by atoms with Gasteiger partial charge in [0.25, 0.3) is 0 Å². The Morgan fingerprint density at radius 2 is 2.00 bits per heavy atom. The molecule has 0 aromatic carbocycles. The van der Waals surface area contributed by atoms with E-state index in [0.29, 0.717) is 11.3 Å². The third-order valence-electron chi connectivity index (χ3n) is 3.31. The van der Waals surface area contributed by atoms with E-state index in [9.17, 15) is 0 Å². The van der Waals surface area contributed by atoms with Crippen molar-refractivity contribution in [2.75, 3.05) is 13.2 Å². The van der Waals surface area contributed by atoms with Crippen molar-refractivity contribution in [3.05, 3.63) is 0 Å². The average Bonchev–Trinajstić information content (AvgIpc) is 2.05. The molecule has 11 heavy (non-hydrogen) atoms. The molecule has 1 aliphatic carbocycles. The smallest absolute Gasteiger partial charge is 0.0661 e. The van der Waals surface area contributed by atoms with Crippen LogP contribution in [0.25, 0.3) is 0 Å². The molecular weight excluding hydrogens is 138 g/mol. The van der Waals surface area contributed by atoms with Crippen LogP contribution in [0.2, 0.25) is 0 Å². The topological polar surface area (TPSA) is 33.0 Å². The molecule has 2 nitrogen and oxygen atoms in total. The van der Waals surface area contributed by atoms with Gasteiger partial charge in [0.2, 0.25) is 0 Å². The Morgan fingerprint density at radius 3 is 2.45 bits per heavy atom. The van der Waals surface area contributed by atoms with E-state index in [1.165, 1.54) is 6.42 Å². The molecule has 1 unspecified atom stereocenters. The van der Waals surface area contributed by atoms with E-state index in [0.717, 1.165) is 32.5 Å². The van der Waals surface area contributed by atoms with Gasteiger partial charge in [-0.1, -0.05) is 0 Å². The number of rotatable bonds is 0. The maximum Gasteiger partial charge on any atom is 0.0661 e. The third-order valence-corrected chi connectivity index (χ3v) is 3.31. The van der Waals surface area contributed by atoms with Crippen LogP contribution < -0.4 is 0 Å². The van der Waals surface area contributed by atoms with Crippen molar-refractivity contribution in [2.45, 2.75) is 25.7 Å². The lowest BCUT2D eigenvalue weighted by molar-refractivity contribution is -0.0554. The summed E-state index contributed by atoms with van der Waals surface area (Å²) in [6.07, 6.45) is 4.61. The molecule has 1 saturated heterocycles. The first-order valence-electron chi connectivity index (χ1n) is 4.35. The molecule has 0 amide bonds. The first-order chi connectivity index (χ1) is 5.37. The summed E-state index contributed by atoms with van der Waals surface area (Å²) in [6.45, 7) is 1.75. The number of nitrogens with zero attached hydrogens (tertiary/aromatic N) is 1. The minimum Gasteiger partial charge on any atom is -0.381 e. The summed E-state index contributed by atoms with van der Waals surface area (Å²) in [7, 11) is 0. The lowest BCUT2D eigenvalue weighted by Gasteiger charge is -2.48. The highest BCUT2D eigenvalue weighted by atomic mass is 16.5. The molecule has 1 spiro atoms. The molecule has 2 fully saturated rings. The van der Waals surface area contributed by atoms with Crippen LogP contribution in [0.1, 0.15) is 25.7 Å². The summed E-state index contributed by atoms with van der Waals surface area (Å²) in [6, 6.07) is 2.41. The van der Waals surface area contributed by atoms with Gasteiger partial charge in [-0.2, -0.15) is 5.26 Å². The predicted molar refractivity (Wildman–Crippen MR) is 40.8 cm³/mol. The lowest BCUT2D eigenvalue weighted by atomic mass is 9.57. The standard InChI is InChI=1S/C9H13NO/c10-7-8-1-2-9(8)3-5-11-6-4-9/h8H,1-6H2.